The molecule has 1 heterocycles. The van der Waals surface area contributed by atoms with Gasteiger partial charge in [0.05, 0.1) is 23.9 Å². The molecule has 0 fully saturated rings. The van der Waals surface area contributed by atoms with Crippen molar-refractivity contribution in [2.45, 2.75) is 5.38 Å². The van der Waals surface area contributed by atoms with Crippen molar-refractivity contribution in [2.24, 2.45) is 0 Å². The molecule has 0 aliphatic carbocycles. The molecule has 0 spiro atoms. The Kier molecular flexibility index (Phi) is 4.38. The zero-order chi connectivity index (χ0) is 13.1. The molecule has 0 amide bonds. The van der Waals surface area contributed by atoms with Crippen molar-refractivity contribution in [2.75, 3.05) is 14.2 Å². The van der Waals surface area contributed by atoms with E-state index in [1.165, 1.54) is 11.3 Å². The Morgan fingerprint density at radius 1 is 1.06 bits per heavy atom. The second kappa shape index (κ2) is 5.83. The minimum atomic E-state index is -0.234. The minimum Gasteiger partial charge on any atom is -0.493 e. The van der Waals surface area contributed by atoms with Crippen LogP contribution < -0.4 is 9.47 Å². The van der Waals surface area contributed by atoms with Crippen molar-refractivity contribution in [3.63, 3.8) is 0 Å². The first-order valence-electron chi connectivity index (χ1n) is 5.27. The van der Waals surface area contributed by atoms with Crippen LogP contribution in [-0.4, -0.2) is 14.2 Å². The lowest BCUT2D eigenvalue weighted by Gasteiger charge is -2.12. The number of halogens is 2. The average molecular weight is 303 g/mol. The van der Waals surface area contributed by atoms with Gasteiger partial charge in [0.25, 0.3) is 0 Å². The zero-order valence-electron chi connectivity index (χ0n) is 9.94. The van der Waals surface area contributed by atoms with E-state index < -0.39 is 0 Å². The van der Waals surface area contributed by atoms with E-state index in [4.69, 9.17) is 32.7 Å². The Balaban J connectivity index is 2.33. The predicted molar refractivity (Wildman–Crippen MR) is 76.6 cm³/mol. The van der Waals surface area contributed by atoms with Crippen LogP contribution in [0.25, 0.3) is 0 Å². The van der Waals surface area contributed by atoms with Crippen LogP contribution in [-0.2, 0) is 0 Å². The van der Waals surface area contributed by atoms with E-state index in [2.05, 4.69) is 0 Å². The van der Waals surface area contributed by atoms with Gasteiger partial charge in [0.2, 0.25) is 0 Å². The lowest BCUT2D eigenvalue weighted by atomic mass is 10.1. The summed E-state index contributed by atoms with van der Waals surface area (Å²) in [4.78, 5) is 1.01. The topological polar surface area (TPSA) is 18.5 Å². The molecule has 0 saturated heterocycles. The second-order valence-electron chi connectivity index (χ2n) is 3.62. The Hall–Kier alpha value is -0.900. The summed E-state index contributed by atoms with van der Waals surface area (Å²) >= 11 is 13.8. The summed E-state index contributed by atoms with van der Waals surface area (Å²) in [5.74, 6) is 1.36. The van der Waals surface area contributed by atoms with Crippen molar-refractivity contribution < 1.29 is 9.47 Å². The smallest absolute Gasteiger partial charge is 0.161 e. The van der Waals surface area contributed by atoms with Gasteiger partial charge in [-0.05, 0) is 29.8 Å². The van der Waals surface area contributed by atoms with Crippen LogP contribution in [0.2, 0.25) is 4.34 Å². The van der Waals surface area contributed by atoms with Gasteiger partial charge in [-0.3, -0.25) is 0 Å². The molecular formula is C13H12Cl2O2S. The fourth-order valence-electron chi connectivity index (χ4n) is 1.64. The van der Waals surface area contributed by atoms with E-state index in [1.54, 1.807) is 14.2 Å². The monoisotopic (exact) mass is 302 g/mol. The normalized spacial score (nSPS) is 12.2. The highest BCUT2D eigenvalue weighted by Gasteiger charge is 2.15. The molecule has 0 N–H and O–H groups in total. The van der Waals surface area contributed by atoms with Crippen LogP contribution >= 0.6 is 34.5 Å². The molecule has 2 nitrogen and oxygen atoms in total. The van der Waals surface area contributed by atoms with Crippen LogP contribution in [0.5, 0.6) is 11.5 Å². The third-order valence-corrected chi connectivity index (χ3v) is 4.46. The maximum atomic E-state index is 6.42. The molecule has 0 aliphatic rings. The lowest BCUT2D eigenvalue weighted by molar-refractivity contribution is 0.354. The summed E-state index contributed by atoms with van der Waals surface area (Å²) < 4.78 is 11.2. The van der Waals surface area contributed by atoms with Crippen LogP contribution in [0.1, 0.15) is 15.8 Å². The molecule has 0 saturated carbocycles. The van der Waals surface area contributed by atoms with Crippen LogP contribution in [0.3, 0.4) is 0 Å². The molecule has 0 radical (unpaired) electrons. The number of methoxy groups -OCH3 is 2. The molecule has 1 aromatic carbocycles. The molecular weight excluding hydrogens is 291 g/mol. The molecule has 96 valence electrons. The first-order chi connectivity index (χ1) is 8.65. The summed E-state index contributed by atoms with van der Waals surface area (Å²) in [6, 6.07) is 9.43. The van der Waals surface area contributed by atoms with Gasteiger partial charge < -0.3 is 9.47 Å². The fourth-order valence-corrected chi connectivity index (χ4v) is 3.05. The maximum absolute atomic E-state index is 6.42. The summed E-state index contributed by atoms with van der Waals surface area (Å²) in [6.07, 6.45) is 0. The van der Waals surface area contributed by atoms with Gasteiger partial charge in [-0.25, -0.2) is 0 Å². The Morgan fingerprint density at radius 2 is 1.78 bits per heavy atom. The Bertz CT molecular complexity index is 540. The quantitative estimate of drug-likeness (QED) is 0.759. The van der Waals surface area contributed by atoms with Crippen molar-refractivity contribution in [1.29, 1.82) is 0 Å². The third-order valence-electron chi connectivity index (χ3n) is 2.54. The van der Waals surface area contributed by atoms with Crippen molar-refractivity contribution in [3.05, 3.63) is 45.1 Å². The van der Waals surface area contributed by atoms with Gasteiger partial charge in [0.1, 0.15) is 0 Å². The van der Waals surface area contributed by atoms with Gasteiger partial charge >= 0.3 is 0 Å². The van der Waals surface area contributed by atoms with Crippen molar-refractivity contribution >= 4 is 34.5 Å². The highest BCUT2D eigenvalue weighted by Crippen LogP contribution is 2.38. The standard InChI is InChI=1S/C13H12Cl2O2S/c1-16-9-4-3-8(7-10(9)17-2)13(15)11-5-6-12(14)18-11/h3-7,13H,1-2H3. The first kappa shape index (κ1) is 13.5. The van der Waals surface area contributed by atoms with E-state index in [-0.39, 0.29) is 5.38 Å². The number of rotatable bonds is 4. The van der Waals surface area contributed by atoms with Crippen molar-refractivity contribution in [1.82, 2.24) is 0 Å². The van der Waals surface area contributed by atoms with Gasteiger partial charge in [0, 0.05) is 4.88 Å². The number of alkyl halides is 1. The van der Waals surface area contributed by atoms with E-state index in [0.29, 0.717) is 11.5 Å². The highest BCUT2D eigenvalue weighted by atomic mass is 35.5. The summed E-state index contributed by atoms with van der Waals surface area (Å²) in [6.45, 7) is 0. The summed E-state index contributed by atoms with van der Waals surface area (Å²) in [5, 5.41) is -0.234. The maximum Gasteiger partial charge on any atom is 0.161 e. The van der Waals surface area contributed by atoms with Crippen LogP contribution in [0, 0.1) is 0 Å². The highest BCUT2D eigenvalue weighted by molar-refractivity contribution is 7.16. The van der Waals surface area contributed by atoms with Gasteiger partial charge in [-0.15, -0.1) is 22.9 Å². The molecule has 2 rings (SSSR count). The number of thiophene rings is 1. The van der Waals surface area contributed by atoms with Crippen LogP contribution in [0.15, 0.2) is 30.3 Å². The minimum absolute atomic E-state index is 0.234. The number of hydrogen-bond acceptors (Lipinski definition) is 3. The molecule has 1 atom stereocenters. The molecule has 2 aromatic rings. The molecule has 18 heavy (non-hydrogen) atoms. The van der Waals surface area contributed by atoms with Gasteiger partial charge in [-0.2, -0.15) is 0 Å². The molecule has 0 aliphatic heterocycles. The number of ether oxygens (including phenoxy) is 2. The van der Waals surface area contributed by atoms with E-state index >= 15 is 0 Å². The lowest BCUT2D eigenvalue weighted by Crippen LogP contribution is -1.95. The number of benzene rings is 1. The van der Waals surface area contributed by atoms with Crippen molar-refractivity contribution in [3.8, 4) is 11.5 Å². The Labute approximate surface area is 120 Å². The van der Waals surface area contributed by atoms with E-state index in [1.807, 2.05) is 30.3 Å². The summed E-state index contributed by atoms with van der Waals surface area (Å²) in [7, 11) is 3.21. The zero-order valence-corrected chi connectivity index (χ0v) is 12.3. The average Bonchev–Trinajstić information content (AvgIpc) is 2.83. The number of hydrogen-bond donors (Lipinski definition) is 0. The van der Waals surface area contributed by atoms with Gasteiger partial charge in [-0.1, -0.05) is 17.7 Å². The SMILES string of the molecule is COc1ccc(C(Cl)c2ccc(Cl)s2)cc1OC. The van der Waals surface area contributed by atoms with E-state index in [0.717, 1.165) is 14.8 Å². The molecule has 1 unspecified atom stereocenters. The molecule has 1 aromatic heterocycles. The summed E-state index contributed by atoms with van der Waals surface area (Å²) in [5.41, 5.74) is 0.952. The predicted octanol–water partition coefficient (Wildman–Crippen LogP) is 4.75. The molecule has 5 heteroatoms. The van der Waals surface area contributed by atoms with Crippen LogP contribution in [0.4, 0.5) is 0 Å². The largest absolute Gasteiger partial charge is 0.493 e. The second-order valence-corrected chi connectivity index (χ2v) is 5.80. The molecule has 0 bridgehead atoms. The Morgan fingerprint density at radius 3 is 2.33 bits per heavy atom. The first-order valence-corrected chi connectivity index (χ1v) is 6.90. The van der Waals surface area contributed by atoms with Gasteiger partial charge in [0.15, 0.2) is 11.5 Å². The fraction of sp³-hybridized carbons (Fsp3) is 0.231. The third kappa shape index (κ3) is 2.74. The van der Waals surface area contributed by atoms with E-state index in [9.17, 15) is 0 Å².